The molecular weight excluding hydrogens is 800 g/mol. The summed E-state index contributed by atoms with van der Waals surface area (Å²) in [5.74, 6) is -0.295. The molecule has 22 nitrogen and oxygen atoms in total. The molecule has 2 aliphatic heterocycles. The number of aliphatic hydroxyl groups excluding tert-OH is 10. The summed E-state index contributed by atoms with van der Waals surface area (Å²) in [6.45, 7) is 4.61. The fourth-order valence-corrected chi connectivity index (χ4v) is 8.07. The Morgan fingerprint density at radius 3 is 1.98 bits per heavy atom. The summed E-state index contributed by atoms with van der Waals surface area (Å²) in [4.78, 5) is 46.2. The second-order valence-corrected chi connectivity index (χ2v) is 15.6. The number of likely N-dealkylation sites (tertiary alicyclic amines) is 1. The van der Waals surface area contributed by atoms with Gasteiger partial charge in [0.05, 0.1) is 43.2 Å². The normalized spacial score (nSPS) is 20.2. The van der Waals surface area contributed by atoms with Gasteiger partial charge in [-0.25, -0.2) is 9.97 Å². The van der Waals surface area contributed by atoms with Crippen LogP contribution < -0.4 is 26.2 Å². The molecule has 0 spiro atoms. The summed E-state index contributed by atoms with van der Waals surface area (Å²) >= 11 is 0. The zero-order valence-electron chi connectivity index (χ0n) is 34.4. The fraction of sp³-hybridized carbons (Fsp3) is 0.641. The number of aliphatic hydroxyl groups is 10. The minimum atomic E-state index is -1.88. The van der Waals surface area contributed by atoms with Gasteiger partial charge in [0, 0.05) is 57.1 Å². The number of nitrogens with zero attached hydrogens (tertiary/aromatic N) is 6. The maximum absolute atomic E-state index is 13.4. The van der Waals surface area contributed by atoms with Crippen molar-refractivity contribution in [1.29, 1.82) is 0 Å². The van der Waals surface area contributed by atoms with Crippen molar-refractivity contribution in [3.8, 4) is 0 Å². The smallest absolute Gasteiger partial charge is 0.251 e. The SMILES string of the molecule is CCN1c2ccc(C(=O)NCCN3CCC(N(C[C@H](O)[C@@H](O)[C@H](O)[C@H](O)CO)C[C@H](O)[C@@H](O)[C@H](O)[C@H](O)CO)CC3)cc2N(CC)C1CC(=O)Nc1nc2cc[nH]c2nc1N. The van der Waals surface area contributed by atoms with Crippen molar-refractivity contribution in [1.82, 2.24) is 30.1 Å². The average molecular weight is 863 g/mol. The Labute approximate surface area is 352 Å². The van der Waals surface area contributed by atoms with E-state index in [0.717, 1.165) is 11.4 Å². The highest BCUT2D eigenvalue weighted by Gasteiger charge is 2.38. The lowest BCUT2D eigenvalue weighted by molar-refractivity contribution is -0.134. The number of amides is 2. The van der Waals surface area contributed by atoms with Crippen LogP contribution in [-0.4, -0.2) is 214 Å². The molecule has 15 N–H and O–H groups in total. The largest absolute Gasteiger partial charge is 0.394 e. The van der Waals surface area contributed by atoms with Crippen molar-refractivity contribution < 1.29 is 60.7 Å². The zero-order valence-corrected chi connectivity index (χ0v) is 34.4. The number of aromatic amines is 1. The van der Waals surface area contributed by atoms with E-state index < -0.39 is 62.0 Å². The first-order valence-corrected chi connectivity index (χ1v) is 20.6. The van der Waals surface area contributed by atoms with Gasteiger partial charge in [-0.2, -0.15) is 0 Å². The molecule has 2 amide bonds. The number of anilines is 4. The number of benzene rings is 1. The molecule has 1 unspecified atom stereocenters. The van der Waals surface area contributed by atoms with Gasteiger partial charge in [0.25, 0.3) is 5.91 Å². The Balaban J connectivity index is 1.16. The molecule has 0 bridgehead atoms. The van der Waals surface area contributed by atoms with Crippen LogP contribution >= 0.6 is 0 Å². The van der Waals surface area contributed by atoms with Crippen LogP contribution in [0.3, 0.4) is 0 Å². The van der Waals surface area contributed by atoms with E-state index in [0.29, 0.717) is 68.8 Å². The lowest BCUT2D eigenvalue weighted by Crippen LogP contribution is -2.56. The minimum absolute atomic E-state index is 0.0957. The van der Waals surface area contributed by atoms with Crippen LogP contribution in [0.25, 0.3) is 11.2 Å². The minimum Gasteiger partial charge on any atom is -0.394 e. The summed E-state index contributed by atoms with van der Waals surface area (Å²) in [6.07, 6.45) is -11.9. The highest BCUT2D eigenvalue weighted by Crippen LogP contribution is 2.41. The van der Waals surface area contributed by atoms with E-state index in [1.54, 1.807) is 23.2 Å². The maximum Gasteiger partial charge on any atom is 0.251 e. The number of nitrogens with one attached hydrogen (secondary N) is 3. The van der Waals surface area contributed by atoms with E-state index >= 15 is 0 Å². The van der Waals surface area contributed by atoms with Gasteiger partial charge < -0.3 is 87.1 Å². The number of aromatic nitrogens is 3. The van der Waals surface area contributed by atoms with E-state index in [4.69, 9.17) is 15.9 Å². The van der Waals surface area contributed by atoms with E-state index in [9.17, 15) is 50.4 Å². The Morgan fingerprint density at radius 1 is 0.836 bits per heavy atom. The molecule has 1 fully saturated rings. The Kier molecular flexibility index (Phi) is 17.0. The highest BCUT2D eigenvalue weighted by atomic mass is 16.4. The molecule has 2 aromatic heterocycles. The van der Waals surface area contributed by atoms with Crippen molar-refractivity contribution in [2.75, 3.05) is 86.4 Å². The summed E-state index contributed by atoms with van der Waals surface area (Å²) < 4.78 is 0. The van der Waals surface area contributed by atoms with Crippen LogP contribution in [0.5, 0.6) is 0 Å². The predicted molar refractivity (Wildman–Crippen MR) is 223 cm³/mol. The average Bonchev–Trinajstić information content (AvgIpc) is 3.84. The first-order chi connectivity index (χ1) is 29.1. The third kappa shape index (κ3) is 11.4. The molecule has 9 atom stereocenters. The van der Waals surface area contributed by atoms with Gasteiger partial charge in [0.15, 0.2) is 17.3 Å². The number of rotatable bonds is 22. The summed E-state index contributed by atoms with van der Waals surface area (Å²) in [6, 6.07) is 6.85. The lowest BCUT2D eigenvalue weighted by atomic mass is 9.97. The topological polar surface area (TPSA) is 341 Å². The first kappa shape index (κ1) is 47.7. The number of nitrogen functional groups attached to an aromatic ring is 1. The number of piperidine rings is 1. The molecule has 2 aliphatic rings. The first-order valence-electron chi connectivity index (χ1n) is 20.6. The number of H-pyrrole nitrogens is 1. The summed E-state index contributed by atoms with van der Waals surface area (Å²) in [7, 11) is 0. The van der Waals surface area contributed by atoms with Crippen LogP contribution in [0.4, 0.5) is 23.0 Å². The van der Waals surface area contributed by atoms with Crippen LogP contribution in [0.15, 0.2) is 30.5 Å². The van der Waals surface area contributed by atoms with Crippen LogP contribution in [0, 0.1) is 0 Å². The molecule has 340 valence electrons. The number of nitrogens with two attached hydrogens (primary N) is 1. The van der Waals surface area contributed by atoms with E-state index in [-0.39, 0.29) is 55.2 Å². The third-order valence-electron chi connectivity index (χ3n) is 11.6. The lowest BCUT2D eigenvalue weighted by Gasteiger charge is -2.41. The van der Waals surface area contributed by atoms with Crippen LogP contribution in [0.2, 0.25) is 0 Å². The van der Waals surface area contributed by atoms with Gasteiger partial charge in [-0.3, -0.25) is 14.5 Å². The molecule has 1 aromatic carbocycles. The Bertz CT molecular complexity index is 1860. The molecule has 0 aliphatic carbocycles. The molecule has 1 saturated heterocycles. The number of carbonyl (C=O) groups excluding carboxylic acids is 2. The molecule has 4 heterocycles. The van der Waals surface area contributed by atoms with Gasteiger partial charge in [-0.15, -0.1) is 0 Å². The second-order valence-electron chi connectivity index (χ2n) is 15.6. The van der Waals surface area contributed by atoms with Crippen molar-refractivity contribution in [2.24, 2.45) is 0 Å². The predicted octanol–water partition coefficient (Wildman–Crippen LogP) is -4.07. The van der Waals surface area contributed by atoms with E-state index in [2.05, 4.69) is 40.3 Å². The van der Waals surface area contributed by atoms with Crippen molar-refractivity contribution in [2.45, 2.75) is 94.1 Å². The molecule has 5 rings (SSSR count). The van der Waals surface area contributed by atoms with Gasteiger partial charge in [-0.1, -0.05) is 0 Å². The van der Waals surface area contributed by atoms with Gasteiger partial charge in [-0.05, 0) is 64.0 Å². The summed E-state index contributed by atoms with van der Waals surface area (Å²) in [5.41, 5.74) is 9.31. The van der Waals surface area contributed by atoms with E-state index in [1.165, 1.54) is 0 Å². The Hall–Kier alpha value is -4.30. The highest BCUT2D eigenvalue weighted by molar-refractivity contribution is 5.98. The van der Waals surface area contributed by atoms with Gasteiger partial charge in [0.1, 0.15) is 48.3 Å². The molecule has 61 heavy (non-hydrogen) atoms. The number of carbonyl (C=O) groups is 2. The number of fused-ring (bicyclic) bond motifs is 2. The van der Waals surface area contributed by atoms with Gasteiger partial charge >= 0.3 is 0 Å². The molecule has 3 aromatic rings. The van der Waals surface area contributed by atoms with Crippen LogP contribution in [-0.2, 0) is 4.79 Å². The standard InChI is InChI=1S/C39H62N10O12/c1-3-48-24-6-5-21(15-25(24)49(4-2)31(48)16-30(56)44-38-36(40)45-37-23(43-38)7-10-41-37)39(61)42-11-14-46-12-8-22(9-13-46)47(17-26(52)32(57)34(59)28(54)19-50)18-27(53)33(58)35(60)29(55)20-51/h5-7,10,15,22,26-29,31-35,50-55,57-60H,3-4,8-9,11-14,16-20H2,1-2H3,(H,42,61)(H3,40,41,45)(H,43,44,56)/t26-,27-,28+,29+,31?,32+,33+,34+,35+/m0/s1. The van der Waals surface area contributed by atoms with Crippen LogP contribution in [0.1, 0.15) is 43.5 Å². The second kappa shape index (κ2) is 21.7. The van der Waals surface area contributed by atoms with Crippen molar-refractivity contribution in [3.05, 3.63) is 36.0 Å². The molecule has 0 radical (unpaired) electrons. The monoisotopic (exact) mass is 862 g/mol. The van der Waals surface area contributed by atoms with E-state index in [1.807, 2.05) is 26.0 Å². The van der Waals surface area contributed by atoms with Crippen molar-refractivity contribution in [3.63, 3.8) is 0 Å². The number of hydrogen-bond donors (Lipinski definition) is 14. The Morgan fingerprint density at radius 2 is 1.41 bits per heavy atom. The quantitative estimate of drug-likeness (QED) is 0.0457. The summed E-state index contributed by atoms with van der Waals surface area (Å²) in [5, 5.41) is 106. The zero-order chi connectivity index (χ0) is 44.5. The third-order valence-corrected chi connectivity index (χ3v) is 11.6. The fourth-order valence-electron chi connectivity index (χ4n) is 8.07. The van der Waals surface area contributed by atoms with Gasteiger partial charge in [0.2, 0.25) is 5.91 Å². The number of hydrogen-bond acceptors (Lipinski definition) is 19. The molecule has 22 heteroatoms. The van der Waals surface area contributed by atoms with Crippen molar-refractivity contribution >= 4 is 46.0 Å². The maximum atomic E-state index is 13.4. The molecule has 0 saturated carbocycles. The molecular formula is C39H62N10O12.